The number of hydrogen-bond acceptors (Lipinski definition) is 3. The largest absolute Gasteiger partial charge is 0.378 e. The van der Waals surface area contributed by atoms with Crippen molar-refractivity contribution in [1.29, 1.82) is 5.26 Å². The van der Waals surface area contributed by atoms with Crippen LogP contribution < -0.4 is 5.32 Å². The van der Waals surface area contributed by atoms with Crippen molar-refractivity contribution >= 4 is 11.5 Å². The predicted molar refractivity (Wildman–Crippen MR) is 62.2 cm³/mol. The standard InChI is InChI=1S/C13H13FN2O/c14-6-11-2-1-9(7-15)5-12(11)16-8-13(17)10-3-4-10/h1-2,5,10,16H,3-4,6,8H2. The highest BCUT2D eigenvalue weighted by atomic mass is 19.1. The lowest BCUT2D eigenvalue weighted by molar-refractivity contribution is -0.118. The molecule has 0 radical (unpaired) electrons. The zero-order valence-electron chi connectivity index (χ0n) is 9.37. The first-order valence-electron chi connectivity index (χ1n) is 5.60. The molecule has 0 saturated heterocycles. The van der Waals surface area contributed by atoms with E-state index in [-0.39, 0.29) is 18.2 Å². The third kappa shape index (κ3) is 2.82. The molecule has 2 rings (SSSR count). The van der Waals surface area contributed by atoms with Gasteiger partial charge >= 0.3 is 0 Å². The Kier molecular flexibility index (Phi) is 3.38. The van der Waals surface area contributed by atoms with Crippen molar-refractivity contribution < 1.29 is 9.18 Å². The normalized spacial score (nSPS) is 14.1. The second kappa shape index (κ2) is 4.96. The van der Waals surface area contributed by atoms with Crippen LogP contribution in [0.4, 0.5) is 10.1 Å². The van der Waals surface area contributed by atoms with Crippen LogP contribution in [-0.4, -0.2) is 12.3 Å². The molecule has 3 nitrogen and oxygen atoms in total. The van der Waals surface area contributed by atoms with Crippen molar-refractivity contribution in [2.45, 2.75) is 19.5 Å². The van der Waals surface area contributed by atoms with E-state index in [0.29, 0.717) is 16.8 Å². The maximum atomic E-state index is 12.7. The van der Waals surface area contributed by atoms with Crippen LogP contribution in [0.15, 0.2) is 18.2 Å². The minimum atomic E-state index is -0.605. The molecule has 0 spiro atoms. The fourth-order valence-corrected chi connectivity index (χ4v) is 1.66. The monoisotopic (exact) mass is 232 g/mol. The Bertz CT molecular complexity index is 475. The van der Waals surface area contributed by atoms with E-state index < -0.39 is 6.67 Å². The summed E-state index contributed by atoms with van der Waals surface area (Å²) in [4.78, 5) is 11.5. The molecule has 1 aliphatic carbocycles. The molecule has 0 heterocycles. The Morgan fingerprint density at radius 1 is 1.53 bits per heavy atom. The van der Waals surface area contributed by atoms with Gasteiger partial charge in [0.15, 0.2) is 5.78 Å². The first-order valence-corrected chi connectivity index (χ1v) is 5.60. The molecule has 1 fully saturated rings. The Morgan fingerprint density at radius 3 is 2.88 bits per heavy atom. The van der Waals surface area contributed by atoms with E-state index in [1.165, 1.54) is 0 Å². The van der Waals surface area contributed by atoms with E-state index >= 15 is 0 Å². The fraction of sp³-hybridized carbons (Fsp3) is 0.385. The number of alkyl halides is 1. The number of nitrogens with one attached hydrogen (secondary N) is 1. The predicted octanol–water partition coefficient (Wildman–Crippen LogP) is 2.42. The van der Waals surface area contributed by atoms with Crippen LogP contribution >= 0.6 is 0 Å². The Morgan fingerprint density at radius 2 is 2.29 bits per heavy atom. The van der Waals surface area contributed by atoms with E-state index in [4.69, 9.17) is 5.26 Å². The molecule has 0 aliphatic heterocycles. The average molecular weight is 232 g/mol. The number of anilines is 1. The van der Waals surface area contributed by atoms with E-state index in [9.17, 15) is 9.18 Å². The molecule has 1 aliphatic rings. The highest BCUT2D eigenvalue weighted by molar-refractivity contribution is 5.87. The second-order valence-electron chi connectivity index (χ2n) is 4.21. The zero-order chi connectivity index (χ0) is 12.3. The van der Waals surface area contributed by atoms with Crippen molar-refractivity contribution in [2.75, 3.05) is 11.9 Å². The molecule has 1 aromatic carbocycles. The number of nitriles is 1. The summed E-state index contributed by atoms with van der Waals surface area (Å²) in [5.74, 6) is 0.354. The summed E-state index contributed by atoms with van der Waals surface area (Å²) in [6, 6.07) is 6.72. The number of ketones is 1. The van der Waals surface area contributed by atoms with Gasteiger partial charge in [-0.15, -0.1) is 0 Å². The molecule has 1 N–H and O–H groups in total. The summed E-state index contributed by atoms with van der Waals surface area (Å²) < 4.78 is 12.7. The summed E-state index contributed by atoms with van der Waals surface area (Å²) in [6.07, 6.45) is 1.93. The van der Waals surface area contributed by atoms with E-state index in [2.05, 4.69) is 5.32 Å². The van der Waals surface area contributed by atoms with Crippen molar-refractivity contribution in [3.8, 4) is 6.07 Å². The van der Waals surface area contributed by atoms with Crippen LogP contribution in [0, 0.1) is 17.2 Å². The average Bonchev–Trinajstić information content (AvgIpc) is 3.19. The van der Waals surface area contributed by atoms with E-state index in [0.717, 1.165) is 12.8 Å². The minimum absolute atomic E-state index is 0.164. The molecular weight excluding hydrogens is 219 g/mol. The van der Waals surface area contributed by atoms with Gasteiger partial charge in [0, 0.05) is 17.2 Å². The maximum Gasteiger partial charge on any atom is 0.154 e. The number of halogens is 1. The van der Waals surface area contributed by atoms with E-state index in [1.807, 2.05) is 6.07 Å². The van der Waals surface area contributed by atoms with Crippen LogP contribution in [0.2, 0.25) is 0 Å². The van der Waals surface area contributed by atoms with Gasteiger partial charge in [-0.25, -0.2) is 4.39 Å². The lowest BCUT2D eigenvalue weighted by atomic mass is 10.1. The van der Waals surface area contributed by atoms with Crippen LogP contribution in [0.3, 0.4) is 0 Å². The Balaban J connectivity index is 2.07. The van der Waals surface area contributed by atoms with Gasteiger partial charge in [0.1, 0.15) is 6.67 Å². The molecule has 4 heteroatoms. The number of carbonyl (C=O) groups is 1. The number of carbonyl (C=O) groups excluding carboxylic acids is 1. The third-order valence-corrected chi connectivity index (χ3v) is 2.87. The number of rotatable bonds is 5. The lowest BCUT2D eigenvalue weighted by Gasteiger charge is -2.09. The highest BCUT2D eigenvalue weighted by Crippen LogP contribution is 2.30. The van der Waals surface area contributed by atoms with Gasteiger partial charge in [-0.2, -0.15) is 5.26 Å². The number of nitrogens with zero attached hydrogens (tertiary/aromatic N) is 1. The Hall–Kier alpha value is -1.89. The molecular formula is C13H13FN2O. The molecule has 1 aromatic rings. The fourth-order valence-electron chi connectivity index (χ4n) is 1.66. The molecule has 88 valence electrons. The Labute approximate surface area is 99.2 Å². The smallest absolute Gasteiger partial charge is 0.154 e. The zero-order valence-corrected chi connectivity index (χ0v) is 9.37. The van der Waals surface area contributed by atoms with Crippen LogP contribution in [0.25, 0.3) is 0 Å². The van der Waals surface area contributed by atoms with Gasteiger partial charge in [0.25, 0.3) is 0 Å². The first kappa shape index (κ1) is 11.6. The summed E-state index contributed by atoms with van der Waals surface area (Å²) >= 11 is 0. The summed E-state index contributed by atoms with van der Waals surface area (Å²) in [5.41, 5.74) is 1.48. The van der Waals surface area contributed by atoms with E-state index in [1.54, 1.807) is 18.2 Å². The minimum Gasteiger partial charge on any atom is -0.378 e. The lowest BCUT2D eigenvalue weighted by Crippen LogP contribution is -2.16. The van der Waals surface area contributed by atoms with Gasteiger partial charge in [-0.05, 0) is 25.0 Å². The third-order valence-electron chi connectivity index (χ3n) is 2.87. The summed E-state index contributed by atoms with van der Waals surface area (Å²) in [6.45, 7) is -0.391. The van der Waals surface area contributed by atoms with Gasteiger partial charge in [0.2, 0.25) is 0 Å². The van der Waals surface area contributed by atoms with Gasteiger partial charge in [-0.3, -0.25) is 4.79 Å². The van der Waals surface area contributed by atoms with Gasteiger partial charge in [-0.1, -0.05) is 6.07 Å². The molecule has 0 bridgehead atoms. The maximum absolute atomic E-state index is 12.7. The number of Topliss-reactive ketones (excluding diaryl/α,β-unsaturated/α-hetero) is 1. The van der Waals surface area contributed by atoms with Crippen molar-refractivity contribution in [3.63, 3.8) is 0 Å². The SMILES string of the molecule is N#Cc1ccc(CF)c(NCC(=O)C2CC2)c1. The molecule has 0 amide bonds. The van der Waals surface area contributed by atoms with Crippen molar-refractivity contribution in [1.82, 2.24) is 0 Å². The second-order valence-corrected chi connectivity index (χ2v) is 4.21. The van der Waals surface area contributed by atoms with Gasteiger partial charge < -0.3 is 5.32 Å². The number of benzene rings is 1. The number of hydrogen-bond donors (Lipinski definition) is 1. The van der Waals surface area contributed by atoms with Crippen LogP contribution in [0.1, 0.15) is 24.0 Å². The first-order chi connectivity index (χ1) is 8.24. The molecule has 0 unspecified atom stereocenters. The molecule has 0 atom stereocenters. The van der Waals surface area contributed by atoms with Crippen LogP contribution in [-0.2, 0) is 11.5 Å². The quantitative estimate of drug-likeness (QED) is 0.848. The molecule has 17 heavy (non-hydrogen) atoms. The topological polar surface area (TPSA) is 52.9 Å². The highest BCUT2D eigenvalue weighted by Gasteiger charge is 2.28. The van der Waals surface area contributed by atoms with Gasteiger partial charge in [0.05, 0.1) is 18.2 Å². The van der Waals surface area contributed by atoms with Crippen molar-refractivity contribution in [3.05, 3.63) is 29.3 Å². The summed E-state index contributed by atoms with van der Waals surface area (Å²) in [7, 11) is 0. The van der Waals surface area contributed by atoms with Crippen molar-refractivity contribution in [2.24, 2.45) is 5.92 Å². The summed E-state index contributed by atoms with van der Waals surface area (Å²) in [5, 5.41) is 11.7. The van der Waals surface area contributed by atoms with Crippen LogP contribution in [0.5, 0.6) is 0 Å². The molecule has 1 saturated carbocycles. The molecule has 0 aromatic heterocycles.